The summed E-state index contributed by atoms with van der Waals surface area (Å²) in [5.74, 6) is -0.0465. The molecule has 0 spiro atoms. The van der Waals surface area contributed by atoms with E-state index in [4.69, 9.17) is 0 Å². The Morgan fingerprint density at radius 2 is 1.67 bits per heavy atom. The molecule has 1 saturated heterocycles. The maximum absolute atomic E-state index is 12.3. The van der Waals surface area contributed by atoms with Gasteiger partial charge in [0.1, 0.15) is 6.33 Å². The van der Waals surface area contributed by atoms with Crippen molar-refractivity contribution in [1.29, 1.82) is 0 Å². The zero-order valence-corrected chi connectivity index (χ0v) is 17.0. The molecular weight excluding hydrogens is 378 g/mol. The second kappa shape index (κ2) is 9.98. The number of benzene rings is 2. The predicted octanol–water partition coefficient (Wildman–Crippen LogP) is 1.99. The third-order valence-corrected chi connectivity index (χ3v) is 5.42. The van der Waals surface area contributed by atoms with Gasteiger partial charge in [-0.15, -0.1) is 5.10 Å². The number of aromatic nitrogens is 4. The van der Waals surface area contributed by atoms with Crippen LogP contribution in [0.4, 0.5) is 5.69 Å². The van der Waals surface area contributed by atoms with E-state index in [1.165, 1.54) is 12.0 Å². The number of unbranched alkanes of at least 4 members (excludes halogenated alkanes) is 1. The van der Waals surface area contributed by atoms with Crippen molar-refractivity contribution in [3.8, 4) is 5.69 Å². The van der Waals surface area contributed by atoms with E-state index in [0.29, 0.717) is 12.1 Å². The van der Waals surface area contributed by atoms with Crippen LogP contribution >= 0.6 is 0 Å². The van der Waals surface area contributed by atoms with Crippen LogP contribution in [0.15, 0.2) is 60.9 Å². The molecule has 1 N–H and O–H groups in total. The average molecular weight is 406 g/mol. The minimum atomic E-state index is -0.0465. The van der Waals surface area contributed by atoms with Crippen molar-refractivity contribution in [1.82, 2.24) is 30.4 Å². The van der Waals surface area contributed by atoms with E-state index in [0.717, 1.165) is 51.3 Å². The van der Waals surface area contributed by atoms with Crippen LogP contribution in [0.25, 0.3) is 5.69 Å². The van der Waals surface area contributed by atoms with Gasteiger partial charge in [-0.05, 0) is 66.2 Å². The molecule has 156 valence electrons. The highest BCUT2D eigenvalue weighted by molar-refractivity contribution is 5.94. The van der Waals surface area contributed by atoms with Crippen molar-refractivity contribution in [3.05, 3.63) is 66.5 Å². The van der Waals surface area contributed by atoms with E-state index in [-0.39, 0.29) is 5.91 Å². The molecule has 4 rings (SSSR count). The molecule has 1 aliphatic heterocycles. The Bertz CT molecular complexity index is 904. The van der Waals surface area contributed by atoms with E-state index in [1.807, 2.05) is 12.1 Å². The summed E-state index contributed by atoms with van der Waals surface area (Å²) in [5.41, 5.74) is 2.78. The fraction of sp³-hybridized carbons (Fsp3) is 0.364. The number of carbonyl (C=O) groups excluding carboxylic acids is 1. The van der Waals surface area contributed by atoms with Crippen LogP contribution in [0, 0.1) is 0 Å². The molecule has 30 heavy (non-hydrogen) atoms. The first-order valence-corrected chi connectivity index (χ1v) is 10.4. The topological polar surface area (TPSA) is 79.2 Å². The molecule has 0 aliphatic carbocycles. The second-order valence-electron chi connectivity index (χ2n) is 7.43. The van der Waals surface area contributed by atoms with Gasteiger partial charge in [0.05, 0.1) is 5.69 Å². The predicted molar refractivity (Wildman–Crippen MR) is 116 cm³/mol. The maximum atomic E-state index is 12.3. The van der Waals surface area contributed by atoms with E-state index in [9.17, 15) is 4.79 Å². The molecule has 1 aromatic heterocycles. The van der Waals surface area contributed by atoms with Gasteiger partial charge in [-0.2, -0.15) is 0 Å². The number of nitrogens with zero attached hydrogens (tertiary/aromatic N) is 6. The Hall–Kier alpha value is -3.26. The maximum Gasteiger partial charge on any atom is 0.251 e. The average Bonchev–Trinajstić information content (AvgIpc) is 3.35. The first kappa shape index (κ1) is 20.0. The molecule has 0 saturated carbocycles. The molecule has 3 aromatic rings. The number of piperazine rings is 1. The smallest absolute Gasteiger partial charge is 0.251 e. The van der Waals surface area contributed by atoms with E-state index in [1.54, 1.807) is 16.8 Å². The van der Waals surface area contributed by atoms with Crippen molar-refractivity contribution >= 4 is 11.6 Å². The Morgan fingerprint density at radius 1 is 0.900 bits per heavy atom. The zero-order valence-electron chi connectivity index (χ0n) is 17.0. The SMILES string of the molecule is O=C(NCCCCN1CCN(c2ccccc2)CC1)c1ccc(-n2cnnn2)cc1. The van der Waals surface area contributed by atoms with Gasteiger partial charge in [0.15, 0.2) is 0 Å². The van der Waals surface area contributed by atoms with Gasteiger partial charge < -0.3 is 10.2 Å². The summed E-state index contributed by atoms with van der Waals surface area (Å²) in [5, 5.41) is 14.1. The molecular formula is C22H27N7O. The number of tetrazole rings is 1. The van der Waals surface area contributed by atoms with Crippen LogP contribution in [-0.2, 0) is 0 Å². The zero-order chi connectivity index (χ0) is 20.6. The number of rotatable bonds is 8. The van der Waals surface area contributed by atoms with Crippen LogP contribution in [0.5, 0.6) is 0 Å². The van der Waals surface area contributed by atoms with Crippen molar-refractivity contribution in [2.45, 2.75) is 12.8 Å². The quantitative estimate of drug-likeness (QED) is 0.578. The number of para-hydroxylation sites is 1. The van der Waals surface area contributed by atoms with E-state index in [2.05, 4.69) is 61.0 Å². The normalized spacial score (nSPS) is 14.6. The van der Waals surface area contributed by atoms with Crippen molar-refractivity contribution in [3.63, 3.8) is 0 Å². The number of nitrogens with one attached hydrogen (secondary N) is 1. The summed E-state index contributed by atoms with van der Waals surface area (Å²) in [6.45, 7) is 6.10. The van der Waals surface area contributed by atoms with Gasteiger partial charge in [0.2, 0.25) is 0 Å². The molecule has 8 nitrogen and oxygen atoms in total. The summed E-state index contributed by atoms with van der Waals surface area (Å²) >= 11 is 0. The fourth-order valence-electron chi connectivity index (χ4n) is 3.68. The molecule has 1 fully saturated rings. The standard InChI is InChI=1S/C22H27N7O/c30-22(19-8-10-21(11-9-19)29-18-24-25-26-29)23-12-4-5-13-27-14-16-28(17-15-27)20-6-2-1-3-7-20/h1-3,6-11,18H,4-5,12-17H2,(H,23,30). The van der Waals surface area contributed by atoms with Crippen LogP contribution < -0.4 is 10.2 Å². The molecule has 8 heteroatoms. The molecule has 0 radical (unpaired) electrons. The lowest BCUT2D eigenvalue weighted by molar-refractivity contribution is 0.0952. The number of carbonyl (C=O) groups is 1. The minimum absolute atomic E-state index is 0.0465. The lowest BCUT2D eigenvalue weighted by Crippen LogP contribution is -2.46. The number of hydrogen-bond donors (Lipinski definition) is 1. The number of anilines is 1. The number of hydrogen-bond acceptors (Lipinski definition) is 6. The summed E-state index contributed by atoms with van der Waals surface area (Å²) < 4.78 is 1.56. The van der Waals surface area contributed by atoms with Crippen LogP contribution in [0.3, 0.4) is 0 Å². The summed E-state index contributed by atoms with van der Waals surface area (Å²) in [7, 11) is 0. The van der Waals surface area contributed by atoms with E-state index >= 15 is 0 Å². The third kappa shape index (κ3) is 5.21. The lowest BCUT2D eigenvalue weighted by Gasteiger charge is -2.36. The Morgan fingerprint density at radius 3 is 2.37 bits per heavy atom. The van der Waals surface area contributed by atoms with Gasteiger partial charge in [-0.1, -0.05) is 18.2 Å². The first-order chi connectivity index (χ1) is 14.8. The van der Waals surface area contributed by atoms with Crippen molar-refractivity contribution in [2.24, 2.45) is 0 Å². The first-order valence-electron chi connectivity index (χ1n) is 10.4. The van der Waals surface area contributed by atoms with Gasteiger partial charge in [-0.3, -0.25) is 9.69 Å². The van der Waals surface area contributed by atoms with Crippen molar-refractivity contribution in [2.75, 3.05) is 44.2 Å². The molecule has 2 aromatic carbocycles. The highest BCUT2D eigenvalue weighted by Crippen LogP contribution is 2.15. The molecule has 1 amide bonds. The van der Waals surface area contributed by atoms with Crippen LogP contribution in [0.1, 0.15) is 23.2 Å². The highest BCUT2D eigenvalue weighted by atomic mass is 16.1. The largest absolute Gasteiger partial charge is 0.369 e. The lowest BCUT2D eigenvalue weighted by atomic mass is 10.2. The Labute approximate surface area is 176 Å². The van der Waals surface area contributed by atoms with Gasteiger partial charge in [0.25, 0.3) is 5.91 Å². The fourth-order valence-corrected chi connectivity index (χ4v) is 3.68. The van der Waals surface area contributed by atoms with Crippen LogP contribution in [-0.4, -0.2) is 70.3 Å². The molecule has 0 unspecified atom stereocenters. The van der Waals surface area contributed by atoms with Gasteiger partial charge in [-0.25, -0.2) is 4.68 Å². The summed E-state index contributed by atoms with van der Waals surface area (Å²) in [4.78, 5) is 17.3. The van der Waals surface area contributed by atoms with Gasteiger partial charge in [0, 0.05) is 44.0 Å². The number of amides is 1. The molecule has 0 bridgehead atoms. The monoisotopic (exact) mass is 405 g/mol. The Balaban J connectivity index is 1.12. The highest BCUT2D eigenvalue weighted by Gasteiger charge is 2.16. The van der Waals surface area contributed by atoms with Gasteiger partial charge >= 0.3 is 0 Å². The molecule has 2 heterocycles. The van der Waals surface area contributed by atoms with E-state index < -0.39 is 0 Å². The van der Waals surface area contributed by atoms with Crippen molar-refractivity contribution < 1.29 is 4.79 Å². The second-order valence-corrected chi connectivity index (χ2v) is 7.43. The summed E-state index contributed by atoms with van der Waals surface area (Å²) in [6, 6.07) is 17.9. The van der Waals surface area contributed by atoms with Crippen LogP contribution in [0.2, 0.25) is 0 Å². The summed E-state index contributed by atoms with van der Waals surface area (Å²) in [6.07, 6.45) is 3.59. The molecule has 0 atom stereocenters. The molecule has 1 aliphatic rings. The Kier molecular flexibility index (Phi) is 6.66. The minimum Gasteiger partial charge on any atom is -0.369 e. The third-order valence-electron chi connectivity index (χ3n) is 5.42.